The Morgan fingerprint density at radius 1 is 1.21 bits per heavy atom. The van der Waals surface area contributed by atoms with E-state index in [0.29, 0.717) is 17.7 Å². The predicted molar refractivity (Wildman–Crippen MR) is 93.9 cm³/mol. The van der Waals surface area contributed by atoms with E-state index in [1.54, 1.807) is 6.07 Å². The van der Waals surface area contributed by atoms with Crippen LogP contribution in [0.15, 0.2) is 33.9 Å². The zero-order chi connectivity index (χ0) is 17.9. The average molecular weight is 368 g/mol. The number of ketones is 1. The molecule has 0 aliphatic heterocycles. The van der Waals surface area contributed by atoms with Crippen LogP contribution in [-0.2, 0) is 16.6 Å². The number of phenolic OH excluding ortho intramolecular Hbond substituents is 1. The van der Waals surface area contributed by atoms with Gasteiger partial charge in [0.15, 0.2) is 5.78 Å². The molecule has 0 radical (unpaired) electrons. The van der Waals surface area contributed by atoms with E-state index >= 15 is 0 Å². The second kappa shape index (κ2) is 7.43. The van der Waals surface area contributed by atoms with Gasteiger partial charge in [-0.25, -0.2) is 13.6 Å². The molecule has 0 saturated heterocycles. The quantitative estimate of drug-likeness (QED) is 0.730. The summed E-state index contributed by atoms with van der Waals surface area (Å²) in [7, 11) is -3.82. The van der Waals surface area contributed by atoms with Gasteiger partial charge in [0.2, 0.25) is 10.0 Å². The van der Waals surface area contributed by atoms with Crippen molar-refractivity contribution in [3.8, 4) is 5.75 Å². The van der Waals surface area contributed by atoms with Crippen molar-refractivity contribution in [3.05, 3.63) is 46.3 Å². The van der Waals surface area contributed by atoms with Gasteiger partial charge in [-0.2, -0.15) is 0 Å². The van der Waals surface area contributed by atoms with E-state index in [-0.39, 0.29) is 21.3 Å². The summed E-state index contributed by atoms with van der Waals surface area (Å²) in [5.74, 6) is -0.170. The van der Waals surface area contributed by atoms with Gasteiger partial charge >= 0.3 is 0 Å². The monoisotopic (exact) mass is 368 g/mol. The molecule has 0 spiro atoms. The number of primary sulfonamides is 1. The fourth-order valence-electron chi connectivity index (χ4n) is 2.29. The van der Waals surface area contributed by atoms with Gasteiger partial charge in [0.05, 0.1) is 0 Å². The highest BCUT2D eigenvalue weighted by atomic mass is 32.2. The molecule has 0 amide bonds. The first-order valence-corrected chi connectivity index (χ1v) is 9.89. The van der Waals surface area contributed by atoms with Crippen molar-refractivity contribution in [1.82, 2.24) is 4.90 Å². The minimum atomic E-state index is -3.82. The minimum absolute atomic E-state index is 0.0482. The number of carbonyl (C=O) groups excluding carboxylic acids is 1. The maximum absolute atomic E-state index is 12.6. The van der Waals surface area contributed by atoms with Crippen molar-refractivity contribution in [2.24, 2.45) is 5.14 Å². The molecule has 0 saturated carbocycles. The van der Waals surface area contributed by atoms with Crippen LogP contribution >= 0.6 is 11.3 Å². The highest BCUT2D eigenvalue weighted by Crippen LogP contribution is 2.25. The van der Waals surface area contributed by atoms with Gasteiger partial charge in [-0.1, -0.05) is 13.8 Å². The molecule has 0 aliphatic rings. The van der Waals surface area contributed by atoms with Gasteiger partial charge in [-0.15, -0.1) is 11.3 Å². The molecule has 2 aromatic rings. The predicted octanol–water partition coefficient (Wildman–Crippen LogP) is 2.17. The summed E-state index contributed by atoms with van der Waals surface area (Å²) in [4.78, 5) is 14.7. The van der Waals surface area contributed by atoms with E-state index in [4.69, 9.17) is 5.14 Å². The number of sulfonamides is 1. The molecule has 130 valence electrons. The number of hydrogen-bond acceptors (Lipinski definition) is 6. The summed E-state index contributed by atoms with van der Waals surface area (Å²) >= 11 is 0.913. The van der Waals surface area contributed by atoms with Crippen molar-refractivity contribution in [1.29, 1.82) is 0 Å². The lowest BCUT2D eigenvalue weighted by Gasteiger charge is -2.19. The standard InChI is InChI=1S/C16H20N2O4S2/c1-3-18(4-2)9-12-7-11(5-6-14(12)19)16(20)13-8-15(23-10-13)24(17,21)22/h5-8,10,19H,3-4,9H2,1-2H3,(H2,17,21,22). The van der Waals surface area contributed by atoms with Crippen LogP contribution in [0.4, 0.5) is 0 Å². The normalized spacial score (nSPS) is 11.8. The first-order chi connectivity index (χ1) is 11.3. The second-order valence-electron chi connectivity index (χ2n) is 5.33. The Morgan fingerprint density at radius 3 is 2.42 bits per heavy atom. The lowest BCUT2D eigenvalue weighted by molar-refractivity contribution is 0.103. The summed E-state index contributed by atoms with van der Waals surface area (Å²) in [6, 6.07) is 5.93. The number of carbonyl (C=O) groups is 1. The summed E-state index contributed by atoms with van der Waals surface area (Å²) in [5, 5.41) is 16.5. The Morgan fingerprint density at radius 2 is 1.88 bits per heavy atom. The molecule has 0 bridgehead atoms. The summed E-state index contributed by atoms with van der Waals surface area (Å²) in [5.41, 5.74) is 1.32. The van der Waals surface area contributed by atoms with Crippen molar-refractivity contribution in [2.75, 3.05) is 13.1 Å². The number of thiophene rings is 1. The van der Waals surface area contributed by atoms with Gasteiger partial charge in [0.25, 0.3) is 0 Å². The SMILES string of the molecule is CCN(CC)Cc1cc(C(=O)c2csc(S(N)(=O)=O)c2)ccc1O. The van der Waals surface area contributed by atoms with Crippen LogP contribution in [0.1, 0.15) is 35.3 Å². The molecule has 0 atom stereocenters. The number of benzene rings is 1. The van der Waals surface area contributed by atoms with E-state index in [1.807, 2.05) is 13.8 Å². The maximum Gasteiger partial charge on any atom is 0.247 e. The van der Waals surface area contributed by atoms with Crippen LogP contribution in [-0.4, -0.2) is 37.3 Å². The largest absolute Gasteiger partial charge is 0.508 e. The topological polar surface area (TPSA) is 101 Å². The summed E-state index contributed by atoms with van der Waals surface area (Å²) in [6.07, 6.45) is 0. The lowest BCUT2D eigenvalue weighted by atomic mass is 10.0. The van der Waals surface area contributed by atoms with E-state index in [9.17, 15) is 18.3 Å². The molecule has 1 heterocycles. The zero-order valence-corrected chi connectivity index (χ0v) is 15.2. The molecule has 3 N–H and O–H groups in total. The van der Waals surface area contributed by atoms with Crippen LogP contribution < -0.4 is 5.14 Å². The summed E-state index contributed by atoms with van der Waals surface area (Å²) in [6.45, 7) is 6.24. The zero-order valence-electron chi connectivity index (χ0n) is 13.5. The first-order valence-electron chi connectivity index (χ1n) is 7.46. The Hall–Kier alpha value is -1.74. The van der Waals surface area contributed by atoms with Crippen LogP contribution in [0.2, 0.25) is 0 Å². The Labute approximate surface area is 145 Å². The van der Waals surface area contributed by atoms with Crippen molar-refractivity contribution >= 4 is 27.1 Å². The van der Waals surface area contributed by atoms with E-state index in [2.05, 4.69) is 4.90 Å². The van der Waals surface area contributed by atoms with Crippen molar-refractivity contribution in [2.45, 2.75) is 24.6 Å². The van der Waals surface area contributed by atoms with Gasteiger partial charge in [-0.05, 0) is 37.4 Å². The summed E-state index contributed by atoms with van der Waals surface area (Å²) < 4.78 is 22.6. The smallest absolute Gasteiger partial charge is 0.247 e. The Balaban J connectivity index is 2.31. The first kappa shape index (κ1) is 18.6. The Kier molecular flexibility index (Phi) is 5.76. The van der Waals surface area contributed by atoms with Crippen LogP contribution in [0.5, 0.6) is 5.75 Å². The van der Waals surface area contributed by atoms with E-state index in [1.165, 1.54) is 23.6 Å². The van der Waals surface area contributed by atoms with Crippen LogP contribution in [0.25, 0.3) is 0 Å². The highest BCUT2D eigenvalue weighted by molar-refractivity contribution is 7.91. The molecule has 8 heteroatoms. The molecule has 24 heavy (non-hydrogen) atoms. The van der Waals surface area contributed by atoms with Gasteiger partial charge in [-0.3, -0.25) is 9.69 Å². The molecule has 1 aromatic heterocycles. The van der Waals surface area contributed by atoms with Crippen LogP contribution in [0.3, 0.4) is 0 Å². The van der Waals surface area contributed by atoms with Gasteiger partial charge in [0.1, 0.15) is 9.96 Å². The molecular weight excluding hydrogens is 348 g/mol. The third-order valence-corrected chi connectivity index (χ3v) is 6.13. The molecular formula is C16H20N2O4S2. The van der Waals surface area contributed by atoms with Crippen LogP contribution in [0, 0.1) is 0 Å². The molecule has 6 nitrogen and oxygen atoms in total. The second-order valence-corrected chi connectivity index (χ2v) is 8.03. The van der Waals surface area contributed by atoms with Crippen molar-refractivity contribution in [3.63, 3.8) is 0 Å². The fourth-order valence-corrected chi connectivity index (χ4v) is 3.88. The molecule has 2 rings (SSSR count). The molecule has 1 aromatic carbocycles. The number of nitrogens with two attached hydrogens (primary N) is 1. The molecule has 0 unspecified atom stereocenters. The van der Waals surface area contributed by atoms with E-state index in [0.717, 1.165) is 24.4 Å². The number of aromatic hydroxyl groups is 1. The average Bonchev–Trinajstić information content (AvgIpc) is 3.03. The number of hydrogen-bond donors (Lipinski definition) is 2. The van der Waals surface area contributed by atoms with Gasteiger partial charge in [0, 0.05) is 28.6 Å². The molecule has 0 aliphatic carbocycles. The lowest BCUT2D eigenvalue weighted by Crippen LogP contribution is -2.22. The Bertz CT molecular complexity index is 840. The third kappa shape index (κ3) is 4.21. The fraction of sp³-hybridized carbons (Fsp3) is 0.312. The number of phenols is 1. The number of nitrogens with zero attached hydrogens (tertiary/aromatic N) is 1. The highest BCUT2D eigenvalue weighted by Gasteiger charge is 2.18. The van der Waals surface area contributed by atoms with Gasteiger partial charge < -0.3 is 5.11 Å². The third-order valence-electron chi connectivity index (χ3n) is 3.75. The molecule has 0 fully saturated rings. The maximum atomic E-state index is 12.6. The minimum Gasteiger partial charge on any atom is -0.508 e. The van der Waals surface area contributed by atoms with Crippen molar-refractivity contribution < 1.29 is 18.3 Å². The number of rotatable bonds is 7. The van der Waals surface area contributed by atoms with E-state index < -0.39 is 10.0 Å².